The van der Waals surface area contributed by atoms with E-state index in [0.717, 1.165) is 22.4 Å². The number of rotatable bonds is 6. The van der Waals surface area contributed by atoms with Crippen molar-refractivity contribution in [2.24, 2.45) is 0 Å². The maximum Gasteiger partial charge on any atom is 0.243 e. The topological polar surface area (TPSA) is 92.5 Å². The molecule has 2 N–H and O–H groups in total. The van der Waals surface area contributed by atoms with Crippen LogP contribution < -0.4 is 5.32 Å². The molecule has 0 amide bonds. The fraction of sp³-hybridized carbons (Fsp3) is 0.158. The van der Waals surface area contributed by atoms with Gasteiger partial charge in [-0.3, -0.25) is 10.1 Å². The third kappa shape index (κ3) is 3.75. The van der Waals surface area contributed by atoms with Crippen LogP contribution in [0.3, 0.4) is 0 Å². The second-order valence-electron chi connectivity index (χ2n) is 6.07. The number of halogens is 1. The molecule has 1 atom stereocenters. The van der Waals surface area contributed by atoms with Crippen molar-refractivity contribution in [2.75, 3.05) is 0 Å². The summed E-state index contributed by atoms with van der Waals surface area (Å²) < 4.78 is 18.5. The maximum absolute atomic E-state index is 13.1. The molecule has 0 fully saturated rings. The highest BCUT2D eigenvalue weighted by Gasteiger charge is 2.16. The molecule has 0 saturated carbocycles. The highest BCUT2D eigenvalue weighted by molar-refractivity contribution is 5.62. The van der Waals surface area contributed by atoms with Crippen molar-refractivity contribution < 1.29 is 8.91 Å². The summed E-state index contributed by atoms with van der Waals surface area (Å²) in [4.78, 5) is 8.42. The van der Waals surface area contributed by atoms with E-state index in [0.29, 0.717) is 18.3 Å². The molecular weight excluding hydrogens is 347 g/mol. The van der Waals surface area contributed by atoms with E-state index in [4.69, 9.17) is 4.52 Å². The molecule has 0 saturated heterocycles. The lowest BCUT2D eigenvalue weighted by Gasteiger charge is -2.09. The minimum absolute atomic E-state index is 0.149. The third-order valence-corrected chi connectivity index (χ3v) is 4.20. The van der Waals surface area contributed by atoms with E-state index >= 15 is 0 Å². The molecule has 3 aromatic heterocycles. The molecule has 0 aliphatic rings. The van der Waals surface area contributed by atoms with E-state index in [1.807, 2.05) is 19.1 Å². The van der Waals surface area contributed by atoms with Crippen molar-refractivity contribution in [3.8, 4) is 22.6 Å². The van der Waals surface area contributed by atoms with E-state index in [9.17, 15) is 4.39 Å². The summed E-state index contributed by atoms with van der Waals surface area (Å²) in [6, 6.07) is 9.79. The Labute approximate surface area is 154 Å². The molecule has 27 heavy (non-hydrogen) atoms. The van der Waals surface area contributed by atoms with E-state index in [1.54, 1.807) is 30.7 Å². The molecule has 4 rings (SSSR count). The van der Waals surface area contributed by atoms with Crippen molar-refractivity contribution in [2.45, 2.75) is 19.5 Å². The standard InChI is InChI=1S/C19H17FN6O/c1-12(19-24-18(26-27-19)14-6-8-21-9-7-14)22-10-15-11-23-25-17(15)13-2-4-16(20)5-3-13/h2-9,11-12,22H,10H2,1H3,(H,23,25)/t12-/m1/s1. The van der Waals surface area contributed by atoms with Crippen LogP contribution in [0.5, 0.6) is 0 Å². The number of hydrogen-bond donors (Lipinski definition) is 2. The first-order valence-electron chi connectivity index (χ1n) is 8.46. The van der Waals surface area contributed by atoms with Gasteiger partial charge in [0.1, 0.15) is 5.82 Å². The van der Waals surface area contributed by atoms with Crippen LogP contribution in [0.25, 0.3) is 22.6 Å². The Balaban J connectivity index is 1.45. The predicted octanol–water partition coefficient (Wildman–Crippen LogP) is 3.51. The molecular formula is C19H17FN6O. The first kappa shape index (κ1) is 17.0. The normalized spacial score (nSPS) is 12.2. The maximum atomic E-state index is 13.1. The molecule has 4 aromatic rings. The number of H-pyrrole nitrogens is 1. The van der Waals surface area contributed by atoms with Gasteiger partial charge < -0.3 is 9.84 Å². The van der Waals surface area contributed by atoms with E-state index in [2.05, 4.69) is 30.6 Å². The highest BCUT2D eigenvalue weighted by atomic mass is 19.1. The van der Waals surface area contributed by atoms with Crippen molar-refractivity contribution in [3.05, 3.63) is 72.3 Å². The van der Waals surface area contributed by atoms with Gasteiger partial charge in [-0.1, -0.05) is 5.16 Å². The van der Waals surface area contributed by atoms with Crippen LogP contribution in [-0.2, 0) is 6.54 Å². The second-order valence-corrected chi connectivity index (χ2v) is 6.07. The van der Waals surface area contributed by atoms with Gasteiger partial charge in [-0.2, -0.15) is 10.1 Å². The van der Waals surface area contributed by atoms with Gasteiger partial charge in [0.25, 0.3) is 0 Å². The van der Waals surface area contributed by atoms with Crippen LogP contribution in [0, 0.1) is 5.82 Å². The third-order valence-electron chi connectivity index (χ3n) is 4.20. The molecule has 136 valence electrons. The molecule has 1 aromatic carbocycles. The monoisotopic (exact) mass is 364 g/mol. The molecule has 0 aliphatic carbocycles. The number of benzene rings is 1. The Morgan fingerprint density at radius 3 is 2.67 bits per heavy atom. The summed E-state index contributed by atoms with van der Waals surface area (Å²) in [6.45, 7) is 2.48. The Morgan fingerprint density at radius 1 is 1.11 bits per heavy atom. The minimum Gasteiger partial charge on any atom is -0.337 e. The van der Waals surface area contributed by atoms with Crippen LogP contribution in [0.15, 0.2) is 59.5 Å². The molecule has 0 spiro atoms. The van der Waals surface area contributed by atoms with Gasteiger partial charge in [-0.05, 0) is 43.3 Å². The van der Waals surface area contributed by atoms with Crippen molar-refractivity contribution in [1.29, 1.82) is 0 Å². The lowest BCUT2D eigenvalue weighted by atomic mass is 10.1. The summed E-state index contributed by atoms with van der Waals surface area (Å²) in [6.07, 6.45) is 5.11. The van der Waals surface area contributed by atoms with Gasteiger partial charge in [0.15, 0.2) is 0 Å². The zero-order valence-electron chi connectivity index (χ0n) is 14.6. The number of pyridine rings is 1. The number of aromatic nitrogens is 5. The Kier molecular flexibility index (Phi) is 4.71. The van der Waals surface area contributed by atoms with Crippen LogP contribution in [0.2, 0.25) is 0 Å². The van der Waals surface area contributed by atoms with Gasteiger partial charge in [0, 0.05) is 35.6 Å². The van der Waals surface area contributed by atoms with E-state index < -0.39 is 0 Å². The average molecular weight is 364 g/mol. The van der Waals surface area contributed by atoms with Crippen molar-refractivity contribution >= 4 is 0 Å². The highest BCUT2D eigenvalue weighted by Crippen LogP contribution is 2.23. The zero-order valence-corrected chi connectivity index (χ0v) is 14.6. The number of nitrogens with zero attached hydrogens (tertiary/aromatic N) is 4. The van der Waals surface area contributed by atoms with Crippen LogP contribution in [0.1, 0.15) is 24.4 Å². The first-order chi connectivity index (χ1) is 13.2. The van der Waals surface area contributed by atoms with Crippen LogP contribution >= 0.6 is 0 Å². The molecule has 8 heteroatoms. The van der Waals surface area contributed by atoms with Gasteiger partial charge in [0.2, 0.25) is 11.7 Å². The Morgan fingerprint density at radius 2 is 1.89 bits per heavy atom. The van der Waals surface area contributed by atoms with Crippen molar-refractivity contribution in [3.63, 3.8) is 0 Å². The zero-order chi connectivity index (χ0) is 18.6. The van der Waals surface area contributed by atoms with E-state index in [-0.39, 0.29) is 11.9 Å². The fourth-order valence-electron chi connectivity index (χ4n) is 2.69. The molecule has 3 heterocycles. The molecule has 7 nitrogen and oxygen atoms in total. The van der Waals surface area contributed by atoms with E-state index in [1.165, 1.54) is 12.1 Å². The van der Waals surface area contributed by atoms with Crippen LogP contribution in [-0.4, -0.2) is 25.3 Å². The summed E-state index contributed by atoms with van der Waals surface area (Å²) in [7, 11) is 0. The lowest BCUT2D eigenvalue weighted by molar-refractivity contribution is 0.339. The molecule has 0 unspecified atom stereocenters. The fourth-order valence-corrected chi connectivity index (χ4v) is 2.69. The minimum atomic E-state index is -0.270. The van der Waals surface area contributed by atoms with Gasteiger partial charge in [-0.15, -0.1) is 0 Å². The van der Waals surface area contributed by atoms with Crippen molar-refractivity contribution in [1.82, 2.24) is 30.6 Å². The number of nitrogens with one attached hydrogen (secondary N) is 2. The molecule has 0 bridgehead atoms. The molecule has 0 radical (unpaired) electrons. The average Bonchev–Trinajstić information content (AvgIpc) is 3.37. The SMILES string of the molecule is C[C@@H](NCc1cn[nH]c1-c1ccc(F)cc1)c1nc(-c2ccncc2)no1. The summed E-state index contributed by atoms with van der Waals surface area (Å²) in [5.74, 6) is 0.748. The predicted molar refractivity (Wildman–Crippen MR) is 96.8 cm³/mol. The largest absolute Gasteiger partial charge is 0.337 e. The smallest absolute Gasteiger partial charge is 0.243 e. The summed E-state index contributed by atoms with van der Waals surface area (Å²) in [5, 5.41) is 14.4. The summed E-state index contributed by atoms with van der Waals surface area (Å²) in [5.41, 5.74) is 3.52. The molecule has 0 aliphatic heterocycles. The van der Waals surface area contributed by atoms with Crippen LogP contribution in [0.4, 0.5) is 4.39 Å². The second kappa shape index (κ2) is 7.46. The first-order valence-corrected chi connectivity index (χ1v) is 8.46. The van der Waals surface area contributed by atoms with Gasteiger partial charge in [-0.25, -0.2) is 4.39 Å². The number of hydrogen-bond acceptors (Lipinski definition) is 6. The Bertz CT molecular complexity index is 1010. The quantitative estimate of drug-likeness (QED) is 0.544. The van der Waals surface area contributed by atoms with Gasteiger partial charge in [0.05, 0.1) is 17.9 Å². The summed E-state index contributed by atoms with van der Waals surface area (Å²) >= 11 is 0. The lowest BCUT2D eigenvalue weighted by Crippen LogP contribution is -2.18. The Hall–Kier alpha value is -3.39. The number of aromatic amines is 1. The van der Waals surface area contributed by atoms with Gasteiger partial charge >= 0.3 is 0 Å².